The fourth-order valence-electron chi connectivity index (χ4n) is 2.47. The van der Waals surface area contributed by atoms with Crippen LogP contribution in [-0.4, -0.2) is 26.3 Å². The van der Waals surface area contributed by atoms with Crippen molar-refractivity contribution >= 4 is 0 Å². The van der Waals surface area contributed by atoms with Crippen molar-refractivity contribution in [2.24, 2.45) is 5.92 Å². The van der Waals surface area contributed by atoms with Crippen LogP contribution in [0.1, 0.15) is 45.4 Å². The predicted octanol–water partition coefficient (Wildman–Crippen LogP) is 2.58. The molecule has 0 radical (unpaired) electrons. The van der Waals surface area contributed by atoms with E-state index in [-0.39, 0.29) is 0 Å². The van der Waals surface area contributed by atoms with Gasteiger partial charge in [0.25, 0.3) is 0 Å². The summed E-state index contributed by atoms with van der Waals surface area (Å²) in [5.74, 6) is 1.01. The van der Waals surface area contributed by atoms with Crippen LogP contribution in [0.4, 0.5) is 0 Å². The number of methoxy groups -OCH3 is 1. The van der Waals surface area contributed by atoms with E-state index in [0.29, 0.717) is 6.04 Å². The first-order valence-corrected chi connectivity index (χ1v) is 6.09. The lowest BCUT2D eigenvalue weighted by molar-refractivity contribution is 0.159. The summed E-state index contributed by atoms with van der Waals surface area (Å²) in [5, 5.41) is 3.48. The van der Waals surface area contributed by atoms with Gasteiger partial charge < -0.3 is 10.1 Å². The molecule has 1 rings (SSSR count). The highest BCUT2D eigenvalue weighted by Crippen LogP contribution is 2.28. The highest BCUT2D eigenvalue weighted by Gasteiger charge is 2.16. The van der Waals surface area contributed by atoms with Crippen molar-refractivity contribution in [2.45, 2.75) is 51.5 Å². The van der Waals surface area contributed by atoms with E-state index < -0.39 is 0 Å². The summed E-state index contributed by atoms with van der Waals surface area (Å²) in [4.78, 5) is 0. The lowest BCUT2D eigenvalue weighted by atomic mass is 9.99. The topological polar surface area (TPSA) is 21.3 Å². The van der Waals surface area contributed by atoms with Gasteiger partial charge in [-0.2, -0.15) is 0 Å². The Morgan fingerprint density at radius 1 is 1.36 bits per heavy atom. The van der Waals surface area contributed by atoms with Gasteiger partial charge in [-0.1, -0.05) is 32.6 Å². The molecule has 0 saturated heterocycles. The molecular formula is C12H25NO. The maximum absolute atomic E-state index is 5.21. The molecule has 1 atom stereocenters. The number of nitrogens with one attached hydrogen (secondary N) is 1. The molecule has 0 aliphatic heterocycles. The first-order chi connectivity index (χ1) is 6.86. The van der Waals surface area contributed by atoms with Crippen molar-refractivity contribution in [1.82, 2.24) is 5.32 Å². The van der Waals surface area contributed by atoms with Crippen LogP contribution in [0.5, 0.6) is 0 Å². The molecule has 1 fully saturated rings. The minimum absolute atomic E-state index is 0.575. The van der Waals surface area contributed by atoms with Crippen LogP contribution in [0.2, 0.25) is 0 Å². The molecule has 14 heavy (non-hydrogen) atoms. The largest absolute Gasteiger partial charge is 0.383 e. The molecule has 0 heterocycles. The van der Waals surface area contributed by atoms with E-state index in [1.54, 1.807) is 7.11 Å². The molecule has 1 aliphatic rings. The second-order valence-electron chi connectivity index (χ2n) is 4.44. The molecule has 1 aliphatic carbocycles. The Morgan fingerprint density at radius 2 is 2.07 bits per heavy atom. The first-order valence-electron chi connectivity index (χ1n) is 6.09. The van der Waals surface area contributed by atoms with Crippen LogP contribution in [0, 0.1) is 5.92 Å². The normalized spacial score (nSPS) is 20.1. The van der Waals surface area contributed by atoms with Gasteiger partial charge in [0.1, 0.15) is 0 Å². The predicted molar refractivity (Wildman–Crippen MR) is 60.5 cm³/mol. The number of hydrogen-bond acceptors (Lipinski definition) is 2. The Bertz CT molecular complexity index is 126. The lowest BCUT2D eigenvalue weighted by Gasteiger charge is -2.18. The average molecular weight is 199 g/mol. The highest BCUT2D eigenvalue weighted by atomic mass is 16.5. The molecule has 0 aromatic rings. The Balaban J connectivity index is 2.10. The van der Waals surface area contributed by atoms with Gasteiger partial charge in [0, 0.05) is 13.2 Å². The second kappa shape index (κ2) is 7.24. The molecular weight excluding hydrogens is 174 g/mol. The molecule has 84 valence electrons. The zero-order valence-electron chi connectivity index (χ0n) is 9.72. The van der Waals surface area contributed by atoms with Crippen molar-refractivity contribution in [1.29, 1.82) is 0 Å². The lowest BCUT2D eigenvalue weighted by Crippen LogP contribution is -2.33. The summed E-state index contributed by atoms with van der Waals surface area (Å²) >= 11 is 0. The average Bonchev–Trinajstić information content (AvgIpc) is 2.67. The Kier molecular flexibility index (Phi) is 6.20. The van der Waals surface area contributed by atoms with E-state index in [4.69, 9.17) is 4.74 Å². The third kappa shape index (κ3) is 4.43. The third-order valence-electron chi connectivity index (χ3n) is 3.26. The molecule has 1 saturated carbocycles. The number of likely N-dealkylation sites (N-methyl/N-ethyl adjacent to an activating group) is 1. The highest BCUT2D eigenvalue weighted by molar-refractivity contribution is 4.72. The Labute approximate surface area is 88.4 Å². The van der Waals surface area contributed by atoms with Gasteiger partial charge in [0.2, 0.25) is 0 Å². The van der Waals surface area contributed by atoms with Gasteiger partial charge in [0.05, 0.1) is 6.61 Å². The molecule has 1 unspecified atom stereocenters. The van der Waals surface area contributed by atoms with Gasteiger partial charge in [-0.05, 0) is 25.3 Å². The van der Waals surface area contributed by atoms with E-state index in [1.807, 2.05) is 0 Å². The summed E-state index contributed by atoms with van der Waals surface area (Å²) in [6.07, 6.45) is 8.52. The van der Waals surface area contributed by atoms with E-state index in [1.165, 1.54) is 38.5 Å². The van der Waals surface area contributed by atoms with Crippen LogP contribution in [0.3, 0.4) is 0 Å². The van der Waals surface area contributed by atoms with Crippen molar-refractivity contribution in [3.8, 4) is 0 Å². The van der Waals surface area contributed by atoms with Crippen LogP contribution >= 0.6 is 0 Å². The maximum atomic E-state index is 5.21. The standard InChI is InChI=1S/C12H25NO/c1-3-13-12(10-14-2)9-8-11-6-4-5-7-11/h11-13H,3-10H2,1-2H3. The summed E-state index contributed by atoms with van der Waals surface area (Å²) in [5.41, 5.74) is 0. The zero-order chi connectivity index (χ0) is 10.2. The minimum atomic E-state index is 0.575. The van der Waals surface area contributed by atoms with Crippen molar-refractivity contribution in [3.05, 3.63) is 0 Å². The van der Waals surface area contributed by atoms with Crippen LogP contribution < -0.4 is 5.32 Å². The molecule has 2 heteroatoms. The smallest absolute Gasteiger partial charge is 0.0615 e. The van der Waals surface area contributed by atoms with Gasteiger partial charge in [0.15, 0.2) is 0 Å². The van der Waals surface area contributed by atoms with Gasteiger partial charge in [-0.15, -0.1) is 0 Å². The first kappa shape index (κ1) is 12.0. The Hall–Kier alpha value is -0.0800. The quantitative estimate of drug-likeness (QED) is 0.680. The van der Waals surface area contributed by atoms with Crippen molar-refractivity contribution < 1.29 is 4.74 Å². The molecule has 0 amide bonds. The number of ether oxygens (including phenoxy) is 1. The Morgan fingerprint density at radius 3 is 2.64 bits per heavy atom. The van der Waals surface area contributed by atoms with Crippen molar-refractivity contribution in [3.63, 3.8) is 0 Å². The van der Waals surface area contributed by atoms with E-state index in [0.717, 1.165) is 19.1 Å². The second-order valence-corrected chi connectivity index (χ2v) is 4.44. The molecule has 2 nitrogen and oxygen atoms in total. The van der Waals surface area contributed by atoms with Gasteiger partial charge >= 0.3 is 0 Å². The fraction of sp³-hybridized carbons (Fsp3) is 1.00. The molecule has 0 aromatic carbocycles. The summed E-state index contributed by atoms with van der Waals surface area (Å²) in [6.45, 7) is 4.08. The third-order valence-corrected chi connectivity index (χ3v) is 3.26. The van der Waals surface area contributed by atoms with E-state index in [2.05, 4.69) is 12.2 Å². The fourth-order valence-corrected chi connectivity index (χ4v) is 2.47. The monoisotopic (exact) mass is 199 g/mol. The molecule has 0 spiro atoms. The molecule has 1 N–H and O–H groups in total. The number of hydrogen-bond donors (Lipinski definition) is 1. The van der Waals surface area contributed by atoms with Gasteiger partial charge in [-0.25, -0.2) is 0 Å². The zero-order valence-corrected chi connectivity index (χ0v) is 9.72. The van der Waals surface area contributed by atoms with Gasteiger partial charge in [-0.3, -0.25) is 0 Å². The number of rotatable bonds is 7. The SMILES string of the molecule is CCNC(CCC1CCCC1)COC. The summed E-state index contributed by atoms with van der Waals surface area (Å²) in [6, 6.07) is 0.575. The van der Waals surface area contributed by atoms with E-state index >= 15 is 0 Å². The maximum Gasteiger partial charge on any atom is 0.0615 e. The van der Waals surface area contributed by atoms with E-state index in [9.17, 15) is 0 Å². The summed E-state index contributed by atoms with van der Waals surface area (Å²) in [7, 11) is 1.79. The molecule has 0 aromatic heterocycles. The van der Waals surface area contributed by atoms with Crippen LogP contribution in [0.15, 0.2) is 0 Å². The van der Waals surface area contributed by atoms with Crippen molar-refractivity contribution in [2.75, 3.05) is 20.3 Å². The van der Waals surface area contributed by atoms with Crippen LogP contribution in [0.25, 0.3) is 0 Å². The molecule has 0 bridgehead atoms. The van der Waals surface area contributed by atoms with Crippen LogP contribution in [-0.2, 0) is 4.74 Å². The summed E-state index contributed by atoms with van der Waals surface area (Å²) < 4.78 is 5.21. The minimum Gasteiger partial charge on any atom is -0.383 e.